The molecule has 2 saturated heterocycles. The van der Waals surface area contributed by atoms with E-state index in [2.05, 4.69) is 16.3 Å². The Morgan fingerprint density at radius 1 is 1.36 bits per heavy atom. The van der Waals surface area contributed by atoms with Crippen LogP contribution in [0.5, 0.6) is 5.75 Å². The van der Waals surface area contributed by atoms with E-state index in [0.717, 1.165) is 48.6 Å². The van der Waals surface area contributed by atoms with Crippen LogP contribution < -0.4 is 10.1 Å². The number of carboxylic acid groups (broad SMARTS) is 1. The van der Waals surface area contributed by atoms with Gasteiger partial charge in [0, 0.05) is 44.2 Å². The molecule has 3 aliphatic rings. The number of benzene rings is 1. The fourth-order valence-corrected chi connectivity index (χ4v) is 5.59. The zero-order valence-corrected chi connectivity index (χ0v) is 20.8. The lowest BCUT2D eigenvalue weighted by Crippen LogP contribution is -2.32. The lowest BCUT2D eigenvalue weighted by atomic mass is 9.94. The van der Waals surface area contributed by atoms with E-state index in [1.807, 2.05) is 30.3 Å². The molecule has 5 rings (SSSR count). The molecular formula is C28H36FN3O4. The van der Waals surface area contributed by atoms with Crippen molar-refractivity contribution in [1.82, 2.24) is 9.88 Å². The van der Waals surface area contributed by atoms with Crippen LogP contribution >= 0.6 is 0 Å². The Morgan fingerprint density at radius 3 is 3.11 bits per heavy atom. The molecule has 0 bridgehead atoms. The molecule has 194 valence electrons. The summed E-state index contributed by atoms with van der Waals surface area (Å²) in [5.41, 5.74) is 1.79. The number of anilines is 1. The molecule has 2 fully saturated rings. The normalized spacial score (nSPS) is 24.8. The minimum absolute atomic E-state index is 0.00216. The molecule has 0 aliphatic carbocycles. The summed E-state index contributed by atoms with van der Waals surface area (Å²) < 4.78 is 27.2. The van der Waals surface area contributed by atoms with Crippen LogP contribution in [0.4, 0.5) is 10.2 Å². The number of rotatable bonds is 10. The van der Waals surface area contributed by atoms with Gasteiger partial charge in [0.25, 0.3) is 0 Å². The van der Waals surface area contributed by atoms with E-state index in [-0.39, 0.29) is 18.4 Å². The lowest BCUT2D eigenvalue weighted by Gasteiger charge is -2.25. The van der Waals surface area contributed by atoms with Crippen molar-refractivity contribution in [3.8, 4) is 5.75 Å². The number of carboxylic acids is 1. The minimum Gasteiger partial charge on any atom is -0.488 e. The van der Waals surface area contributed by atoms with Gasteiger partial charge >= 0.3 is 5.97 Å². The van der Waals surface area contributed by atoms with Gasteiger partial charge in [0.15, 0.2) is 0 Å². The molecule has 0 unspecified atom stereocenters. The molecule has 3 atom stereocenters. The van der Waals surface area contributed by atoms with Crippen LogP contribution in [0.1, 0.15) is 54.8 Å². The summed E-state index contributed by atoms with van der Waals surface area (Å²) in [6, 6.07) is 11.8. The van der Waals surface area contributed by atoms with Gasteiger partial charge in [-0.3, -0.25) is 9.69 Å². The Balaban J connectivity index is 1.19. The Hall–Kier alpha value is -2.71. The third-order valence-corrected chi connectivity index (χ3v) is 7.58. The fraction of sp³-hybridized carbons (Fsp3) is 0.571. The van der Waals surface area contributed by atoms with Crippen molar-refractivity contribution in [3.05, 3.63) is 53.2 Å². The number of nitrogens with zero attached hydrogens (tertiary/aromatic N) is 2. The van der Waals surface area contributed by atoms with Gasteiger partial charge in [-0.1, -0.05) is 18.2 Å². The lowest BCUT2D eigenvalue weighted by molar-refractivity contribution is -0.137. The van der Waals surface area contributed by atoms with E-state index in [0.29, 0.717) is 52.1 Å². The van der Waals surface area contributed by atoms with Crippen molar-refractivity contribution >= 4 is 11.8 Å². The van der Waals surface area contributed by atoms with Crippen molar-refractivity contribution in [2.45, 2.75) is 62.6 Å². The Bertz CT molecular complexity index is 1060. The highest BCUT2D eigenvalue weighted by atomic mass is 19.1. The Labute approximate surface area is 212 Å². The van der Waals surface area contributed by atoms with Crippen molar-refractivity contribution in [1.29, 1.82) is 0 Å². The van der Waals surface area contributed by atoms with Crippen LogP contribution in [0.2, 0.25) is 0 Å². The number of alkyl halides is 1. The number of hydrogen-bond acceptors (Lipinski definition) is 6. The summed E-state index contributed by atoms with van der Waals surface area (Å²) >= 11 is 0. The molecule has 36 heavy (non-hydrogen) atoms. The summed E-state index contributed by atoms with van der Waals surface area (Å²) in [7, 11) is 0. The zero-order chi connectivity index (χ0) is 25.0. The average molecular weight is 498 g/mol. The summed E-state index contributed by atoms with van der Waals surface area (Å²) in [6.45, 7) is 3.67. The maximum Gasteiger partial charge on any atom is 0.304 e. The van der Waals surface area contributed by atoms with Crippen molar-refractivity contribution in [2.75, 3.05) is 44.7 Å². The SMILES string of the molecule is O=C(O)C[C@H](CN1CC[C@@](F)(CCc2ccc3c(n2)NCCC3)C1)c1cccc(O[C@@H]2CCOC2)c1. The van der Waals surface area contributed by atoms with Crippen LogP contribution in [-0.2, 0) is 22.4 Å². The third kappa shape index (κ3) is 6.34. The molecule has 4 heterocycles. The van der Waals surface area contributed by atoms with Gasteiger partial charge < -0.3 is 19.9 Å². The molecular weight excluding hydrogens is 461 g/mol. The monoisotopic (exact) mass is 497 g/mol. The molecule has 0 radical (unpaired) electrons. The first kappa shape index (κ1) is 25.0. The average Bonchev–Trinajstić information content (AvgIpc) is 3.52. The standard InChI is InChI=1S/C28H36FN3O4/c29-28(10-8-23-7-6-20-4-2-12-30-27(20)31-23)11-13-32(19-28)17-22(16-26(33)34)21-3-1-5-24(15-21)36-25-9-14-35-18-25/h1,3,5-7,15,22,25H,2,4,8-14,16-19H2,(H,30,31)(H,33,34)/t22-,25-,28+/m1/s1. The predicted octanol–water partition coefficient (Wildman–Crippen LogP) is 4.21. The van der Waals surface area contributed by atoms with Gasteiger partial charge in [0.2, 0.25) is 0 Å². The molecule has 0 spiro atoms. The smallest absolute Gasteiger partial charge is 0.304 e. The first-order chi connectivity index (χ1) is 17.5. The quantitative estimate of drug-likeness (QED) is 0.509. The first-order valence-electron chi connectivity index (χ1n) is 13.2. The molecule has 0 saturated carbocycles. The number of aromatic nitrogens is 1. The van der Waals surface area contributed by atoms with E-state index in [1.165, 1.54) is 5.56 Å². The number of halogens is 1. The van der Waals surface area contributed by atoms with Crippen molar-refractivity contribution < 1.29 is 23.8 Å². The van der Waals surface area contributed by atoms with Crippen molar-refractivity contribution in [2.24, 2.45) is 0 Å². The third-order valence-electron chi connectivity index (χ3n) is 7.58. The highest BCUT2D eigenvalue weighted by Crippen LogP contribution is 2.34. The predicted molar refractivity (Wildman–Crippen MR) is 136 cm³/mol. The van der Waals surface area contributed by atoms with Gasteiger partial charge in [-0.25, -0.2) is 9.37 Å². The van der Waals surface area contributed by atoms with Crippen LogP contribution in [0.15, 0.2) is 36.4 Å². The number of aryl methyl sites for hydroxylation is 2. The number of ether oxygens (including phenoxy) is 2. The summed E-state index contributed by atoms with van der Waals surface area (Å²) in [5, 5.41) is 12.9. The summed E-state index contributed by atoms with van der Waals surface area (Å²) in [5.74, 6) is 0.588. The molecule has 2 N–H and O–H groups in total. The number of likely N-dealkylation sites (tertiary alicyclic amines) is 1. The van der Waals surface area contributed by atoms with Gasteiger partial charge in [-0.05, 0) is 61.4 Å². The zero-order valence-electron chi connectivity index (χ0n) is 20.8. The molecule has 1 aromatic carbocycles. The molecule has 3 aliphatic heterocycles. The second kappa shape index (κ2) is 11.1. The number of carbonyl (C=O) groups is 1. The number of hydrogen-bond donors (Lipinski definition) is 2. The molecule has 0 amide bonds. The van der Waals surface area contributed by atoms with E-state index < -0.39 is 11.6 Å². The Kier molecular flexibility index (Phi) is 7.72. The van der Waals surface area contributed by atoms with Crippen LogP contribution in [0.25, 0.3) is 0 Å². The van der Waals surface area contributed by atoms with Gasteiger partial charge in [-0.15, -0.1) is 0 Å². The summed E-state index contributed by atoms with van der Waals surface area (Å²) in [4.78, 5) is 18.4. The second-order valence-corrected chi connectivity index (χ2v) is 10.4. The van der Waals surface area contributed by atoms with E-state index >= 15 is 4.39 Å². The fourth-order valence-electron chi connectivity index (χ4n) is 5.59. The van der Waals surface area contributed by atoms with E-state index in [9.17, 15) is 9.90 Å². The highest BCUT2D eigenvalue weighted by Gasteiger charge is 2.39. The largest absolute Gasteiger partial charge is 0.488 e. The van der Waals surface area contributed by atoms with Crippen LogP contribution in [0, 0.1) is 0 Å². The number of nitrogens with one attached hydrogen (secondary N) is 1. The van der Waals surface area contributed by atoms with E-state index in [1.54, 1.807) is 0 Å². The Morgan fingerprint density at radius 2 is 2.28 bits per heavy atom. The molecule has 8 heteroatoms. The van der Waals surface area contributed by atoms with Crippen LogP contribution in [-0.4, -0.2) is 72.1 Å². The minimum atomic E-state index is -1.29. The maximum atomic E-state index is 15.8. The second-order valence-electron chi connectivity index (χ2n) is 10.4. The number of pyridine rings is 1. The topological polar surface area (TPSA) is 83.9 Å². The van der Waals surface area contributed by atoms with Gasteiger partial charge in [0.05, 0.1) is 19.6 Å². The maximum absolute atomic E-state index is 15.8. The van der Waals surface area contributed by atoms with Gasteiger partial charge in [0.1, 0.15) is 23.3 Å². The first-order valence-corrected chi connectivity index (χ1v) is 13.2. The summed E-state index contributed by atoms with van der Waals surface area (Å²) in [6.07, 6.45) is 4.52. The van der Waals surface area contributed by atoms with Crippen molar-refractivity contribution in [3.63, 3.8) is 0 Å². The molecule has 1 aromatic heterocycles. The molecule has 2 aromatic rings. The van der Waals surface area contributed by atoms with E-state index in [4.69, 9.17) is 14.5 Å². The number of aliphatic carboxylic acids is 1. The molecule has 7 nitrogen and oxygen atoms in total. The number of fused-ring (bicyclic) bond motifs is 1. The highest BCUT2D eigenvalue weighted by molar-refractivity contribution is 5.68. The van der Waals surface area contributed by atoms with Gasteiger partial charge in [-0.2, -0.15) is 0 Å². The van der Waals surface area contributed by atoms with Crippen LogP contribution in [0.3, 0.4) is 0 Å².